The van der Waals surface area contributed by atoms with Crippen LogP contribution in [0.15, 0.2) is 24.3 Å². The van der Waals surface area contributed by atoms with Crippen LogP contribution >= 0.6 is 22.6 Å². The highest BCUT2D eigenvalue weighted by atomic mass is 127. The zero-order chi connectivity index (χ0) is 11.5. The molecule has 2 atom stereocenters. The molecule has 0 spiro atoms. The summed E-state index contributed by atoms with van der Waals surface area (Å²) >= 11 is 2.25. The number of halogens is 1. The van der Waals surface area contributed by atoms with Crippen LogP contribution in [0.2, 0.25) is 0 Å². The molecule has 0 bridgehead atoms. The Labute approximate surface area is 109 Å². The zero-order valence-corrected chi connectivity index (χ0v) is 11.3. The van der Waals surface area contributed by atoms with Crippen LogP contribution in [-0.4, -0.2) is 19.0 Å². The van der Waals surface area contributed by atoms with Crippen molar-refractivity contribution in [3.63, 3.8) is 0 Å². The molecule has 1 aliphatic heterocycles. The summed E-state index contributed by atoms with van der Waals surface area (Å²) in [5.41, 5.74) is 0.879. The average molecular weight is 330 g/mol. The van der Waals surface area contributed by atoms with Gasteiger partial charge in [0.1, 0.15) is 0 Å². The van der Waals surface area contributed by atoms with Crippen molar-refractivity contribution >= 4 is 34.2 Å². The van der Waals surface area contributed by atoms with Gasteiger partial charge < -0.3 is 10.6 Å². The molecule has 4 heteroatoms. The fourth-order valence-electron chi connectivity index (χ4n) is 1.93. The molecule has 2 rings (SSSR count). The normalized spacial score (nSPS) is 24.4. The van der Waals surface area contributed by atoms with Crippen LogP contribution < -0.4 is 10.6 Å². The number of carbonyl (C=O) groups is 1. The van der Waals surface area contributed by atoms with Crippen molar-refractivity contribution < 1.29 is 4.79 Å². The van der Waals surface area contributed by atoms with E-state index in [2.05, 4.69) is 40.1 Å². The standard InChI is InChI=1S/C12H15IN2O/c1-8-6-14-7-11(8)12(16)15-10-4-2-9(13)3-5-10/h2-5,8,11,14H,6-7H2,1H3,(H,15,16)/t8-,11-/m1/s1. The van der Waals surface area contributed by atoms with Gasteiger partial charge in [0.05, 0.1) is 5.92 Å². The first kappa shape index (κ1) is 11.9. The molecule has 0 aromatic heterocycles. The van der Waals surface area contributed by atoms with E-state index in [0.29, 0.717) is 5.92 Å². The Morgan fingerprint density at radius 3 is 2.62 bits per heavy atom. The highest BCUT2D eigenvalue weighted by Crippen LogP contribution is 2.18. The van der Waals surface area contributed by atoms with Crippen LogP contribution in [0.5, 0.6) is 0 Å². The van der Waals surface area contributed by atoms with Crippen LogP contribution in [0.3, 0.4) is 0 Å². The lowest BCUT2D eigenvalue weighted by Gasteiger charge is -2.14. The van der Waals surface area contributed by atoms with E-state index in [4.69, 9.17) is 0 Å². The predicted octanol–water partition coefficient (Wildman–Crippen LogP) is 2.09. The maximum atomic E-state index is 12.0. The van der Waals surface area contributed by atoms with Gasteiger partial charge in [0.2, 0.25) is 5.91 Å². The molecule has 0 saturated carbocycles. The molecule has 1 aliphatic rings. The third kappa shape index (κ3) is 2.74. The third-order valence-corrected chi connectivity index (χ3v) is 3.69. The number of benzene rings is 1. The summed E-state index contributed by atoms with van der Waals surface area (Å²) in [6.07, 6.45) is 0. The molecule has 1 saturated heterocycles. The quantitative estimate of drug-likeness (QED) is 0.816. The minimum absolute atomic E-state index is 0.0966. The van der Waals surface area contributed by atoms with E-state index in [1.807, 2.05) is 24.3 Å². The Kier molecular flexibility index (Phi) is 3.81. The maximum absolute atomic E-state index is 12.0. The Morgan fingerprint density at radius 1 is 1.38 bits per heavy atom. The fourth-order valence-corrected chi connectivity index (χ4v) is 2.29. The van der Waals surface area contributed by atoms with Crippen molar-refractivity contribution in [2.45, 2.75) is 6.92 Å². The van der Waals surface area contributed by atoms with Gasteiger partial charge in [-0.2, -0.15) is 0 Å². The lowest BCUT2D eigenvalue weighted by molar-refractivity contribution is -0.120. The molecule has 3 nitrogen and oxygen atoms in total. The van der Waals surface area contributed by atoms with Gasteiger partial charge in [0.15, 0.2) is 0 Å². The highest BCUT2D eigenvalue weighted by Gasteiger charge is 2.29. The Balaban J connectivity index is 1.99. The molecule has 0 radical (unpaired) electrons. The Hall–Kier alpha value is -0.620. The van der Waals surface area contributed by atoms with E-state index in [9.17, 15) is 4.79 Å². The molecule has 1 aromatic rings. The molecule has 86 valence electrons. The lowest BCUT2D eigenvalue weighted by Crippen LogP contribution is -2.27. The summed E-state index contributed by atoms with van der Waals surface area (Å²) in [5.74, 6) is 0.641. The predicted molar refractivity (Wildman–Crippen MR) is 73.3 cm³/mol. The molecule has 2 N–H and O–H groups in total. The third-order valence-electron chi connectivity index (χ3n) is 2.97. The smallest absolute Gasteiger partial charge is 0.229 e. The summed E-state index contributed by atoms with van der Waals surface area (Å²) < 4.78 is 1.17. The highest BCUT2D eigenvalue weighted by molar-refractivity contribution is 14.1. The van der Waals surface area contributed by atoms with E-state index in [0.717, 1.165) is 18.8 Å². The first-order valence-electron chi connectivity index (χ1n) is 5.44. The lowest BCUT2D eigenvalue weighted by atomic mass is 9.97. The van der Waals surface area contributed by atoms with Crippen LogP contribution in [0.25, 0.3) is 0 Å². The first-order chi connectivity index (χ1) is 7.66. The molecule has 0 aliphatic carbocycles. The van der Waals surface area contributed by atoms with Gasteiger partial charge in [-0.15, -0.1) is 0 Å². The number of nitrogens with one attached hydrogen (secondary N) is 2. The number of hydrogen-bond acceptors (Lipinski definition) is 2. The molecule has 1 aromatic carbocycles. The Morgan fingerprint density at radius 2 is 2.06 bits per heavy atom. The van der Waals surface area contributed by atoms with Gasteiger partial charge in [-0.1, -0.05) is 6.92 Å². The van der Waals surface area contributed by atoms with Gasteiger partial charge >= 0.3 is 0 Å². The topological polar surface area (TPSA) is 41.1 Å². The van der Waals surface area contributed by atoms with Crippen LogP contribution in [0.4, 0.5) is 5.69 Å². The van der Waals surface area contributed by atoms with Crippen LogP contribution in [0, 0.1) is 15.4 Å². The monoisotopic (exact) mass is 330 g/mol. The summed E-state index contributed by atoms with van der Waals surface area (Å²) in [4.78, 5) is 12.0. The van der Waals surface area contributed by atoms with Crippen LogP contribution in [0.1, 0.15) is 6.92 Å². The number of hydrogen-bond donors (Lipinski definition) is 2. The second-order valence-electron chi connectivity index (χ2n) is 4.24. The number of carbonyl (C=O) groups excluding carboxylic acids is 1. The SMILES string of the molecule is C[C@@H]1CNC[C@H]1C(=O)Nc1ccc(I)cc1. The van der Waals surface area contributed by atoms with Crippen molar-refractivity contribution in [3.8, 4) is 0 Å². The van der Waals surface area contributed by atoms with Crippen molar-refractivity contribution in [3.05, 3.63) is 27.8 Å². The van der Waals surface area contributed by atoms with E-state index in [-0.39, 0.29) is 11.8 Å². The summed E-state index contributed by atoms with van der Waals surface area (Å²) in [7, 11) is 0. The second kappa shape index (κ2) is 5.14. The zero-order valence-electron chi connectivity index (χ0n) is 9.16. The summed E-state index contributed by atoms with van der Waals surface area (Å²) in [5, 5.41) is 6.20. The molecule has 1 amide bonds. The second-order valence-corrected chi connectivity index (χ2v) is 5.48. The van der Waals surface area contributed by atoms with Crippen molar-refractivity contribution in [1.82, 2.24) is 5.32 Å². The summed E-state index contributed by atoms with van der Waals surface area (Å²) in [6.45, 7) is 3.83. The van der Waals surface area contributed by atoms with Gasteiger partial charge in [-0.3, -0.25) is 4.79 Å². The van der Waals surface area contributed by atoms with Crippen molar-refractivity contribution in [2.75, 3.05) is 18.4 Å². The molecule has 16 heavy (non-hydrogen) atoms. The number of rotatable bonds is 2. The van der Waals surface area contributed by atoms with E-state index >= 15 is 0 Å². The van der Waals surface area contributed by atoms with Gasteiger partial charge in [0, 0.05) is 15.8 Å². The fraction of sp³-hybridized carbons (Fsp3) is 0.417. The van der Waals surface area contributed by atoms with Crippen molar-refractivity contribution in [1.29, 1.82) is 0 Å². The van der Waals surface area contributed by atoms with Crippen molar-refractivity contribution in [2.24, 2.45) is 11.8 Å². The maximum Gasteiger partial charge on any atom is 0.229 e. The minimum Gasteiger partial charge on any atom is -0.326 e. The number of anilines is 1. The molecular weight excluding hydrogens is 315 g/mol. The van der Waals surface area contributed by atoms with Gasteiger partial charge in [0.25, 0.3) is 0 Å². The van der Waals surface area contributed by atoms with E-state index in [1.54, 1.807) is 0 Å². The number of amides is 1. The molecule has 1 fully saturated rings. The summed E-state index contributed by atoms with van der Waals surface area (Å²) in [6, 6.07) is 7.86. The van der Waals surface area contributed by atoms with Gasteiger partial charge in [-0.25, -0.2) is 0 Å². The van der Waals surface area contributed by atoms with E-state index < -0.39 is 0 Å². The average Bonchev–Trinajstić information content (AvgIpc) is 2.68. The molecular formula is C12H15IN2O. The Bertz CT molecular complexity index is 377. The molecule has 1 heterocycles. The van der Waals surface area contributed by atoms with Crippen LogP contribution in [-0.2, 0) is 4.79 Å². The van der Waals surface area contributed by atoms with Gasteiger partial charge in [-0.05, 0) is 59.3 Å². The first-order valence-corrected chi connectivity index (χ1v) is 6.52. The van der Waals surface area contributed by atoms with E-state index in [1.165, 1.54) is 3.57 Å². The largest absolute Gasteiger partial charge is 0.326 e. The molecule has 0 unspecified atom stereocenters. The minimum atomic E-state index is 0.0966.